The number of hydrogen-bond acceptors (Lipinski definition) is 2. The van der Waals surface area contributed by atoms with Gasteiger partial charge in [0, 0.05) is 39.1 Å². The van der Waals surface area contributed by atoms with Gasteiger partial charge in [0.15, 0.2) is 0 Å². The van der Waals surface area contributed by atoms with Crippen molar-refractivity contribution >= 4 is 39.5 Å². The van der Waals surface area contributed by atoms with Crippen LogP contribution in [0.3, 0.4) is 0 Å². The van der Waals surface area contributed by atoms with Crippen LogP contribution in [0.15, 0.2) is 42.5 Å². The topological polar surface area (TPSA) is 31.2 Å². The monoisotopic (exact) mass is 457 g/mol. The van der Waals surface area contributed by atoms with Gasteiger partial charge in [0.25, 0.3) is 0 Å². The molecule has 0 atom stereocenters. The lowest BCUT2D eigenvalue weighted by atomic mass is 10.0. The van der Waals surface area contributed by atoms with Gasteiger partial charge in [0.1, 0.15) is 0 Å². The third-order valence-electron chi connectivity index (χ3n) is 4.34. The van der Waals surface area contributed by atoms with Crippen LogP contribution in [0.4, 0.5) is 0 Å². The summed E-state index contributed by atoms with van der Waals surface area (Å²) in [6.07, 6.45) is 1.94. The highest BCUT2D eigenvalue weighted by Gasteiger charge is 2.18. The zero-order chi connectivity index (χ0) is 18.7. The van der Waals surface area contributed by atoms with E-state index in [9.17, 15) is 4.79 Å². The van der Waals surface area contributed by atoms with Gasteiger partial charge in [-0.25, -0.2) is 4.79 Å². The molecule has 3 aromatic rings. The van der Waals surface area contributed by atoms with E-state index in [0.29, 0.717) is 5.56 Å². The van der Waals surface area contributed by atoms with E-state index in [1.807, 2.05) is 31.3 Å². The van der Waals surface area contributed by atoms with Gasteiger partial charge in [-0.15, -0.1) is 0 Å². The number of ether oxygens (including phenoxy) is 1. The quantitative estimate of drug-likeness (QED) is 0.300. The van der Waals surface area contributed by atoms with Gasteiger partial charge in [-0.05, 0) is 53.3 Å². The van der Waals surface area contributed by atoms with E-state index in [4.69, 9.17) is 4.74 Å². The Labute approximate surface area is 167 Å². The van der Waals surface area contributed by atoms with E-state index < -0.39 is 0 Å². The molecular weight excluding hydrogens is 437 g/mol. The van der Waals surface area contributed by atoms with E-state index in [0.717, 1.165) is 44.1 Å². The van der Waals surface area contributed by atoms with E-state index >= 15 is 0 Å². The van der Waals surface area contributed by atoms with Crippen molar-refractivity contribution in [2.24, 2.45) is 7.05 Å². The van der Waals surface area contributed by atoms with E-state index in [-0.39, 0.29) is 5.97 Å². The Hall–Kier alpha value is -2.26. The van der Waals surface area contributed by atoms with Crippen LogP contribution >= 0.6 is 22.6 Å². The molecule has 3 rings (SSSR count). The first kappa shape index (κ1) is 18.5. The number of nitrogens with zero attached hydrogens (tertiary/aromatic N) is 1. The number of esters is 1. The summed E-state index contributed by atoms with van der Waals surface area (Å²) in [7, 11) is 3.45. The zero-order valence-electron chi connectivity index (χ0n) is 15.1. The zero-order valence-corrected chi connectivity index (χ0v) is 17.3. The van der Waals surface area contributed by atoms with Gasteiger partial charge in [0.05, 0.1) is 18.4 Å². The van der Waals surface area contributed by atoms with Gasteiger partial charge in [0.2, 0.25) is 0 Å². The minimum Gasteiger partial charge on any atom is -0.465 e. The Kier molecular flexibility index (Phi) is 5.67. The predicted octanol–water partition coefficient (Wildman–Crippen LogP) is 5.39. The number of halogens is 1. The van der Waals surface area contributed by atoms with Crippen molar-refractivity contribution in [2.75, 3.05) is 7.11 Å². The lowest BCUT2D eigenvalue weighted by Gasteiger charge is -2.08. The summed E-state index contributed by atoms with van der Waals surface area (Å²) in [5, 5.41) is 1.04. The average Bonchev–Trinajstić information content (AvgIpc) is 2.92. The summed E-state index contributed by atoms with van der Waals surface area (Å²) in [5.74, 6) is 6.23. The first-order valence-corrected chi connectivity index (χ1v) is 9.60. The minimum atomic E-state index is -0.320. The summed E-state index contributed by atoms with van der Waals surface area (Å²) in [4.78, 5) is 11.9. The fourth-order valence-corrected chi connectivity index (χ4v) is 4.11. The number of hydrogen-bond donors (Lipinski definition) is 0. The number of carbonyl (C=O) groups is 1. The van der Waals surface area contributed by atoms with E-state index in [2.05, 4.69) is 58.1 Å². The highest BCUT2D eigenvalue weighted by Crippen LogP contribution is 2.36. The van der Waals surface area contributed by atoms with Crippen molar-refractivity contribution in [2.45, 2.75) is 19.8 Å². The van der Waals surface area contributed by atoms with Crippen LogP contribution in [0.25, 0.3) is 22.2 Å². The summed E-state index contributed by atoms with van der Waals surface area (Å²) < 4.78 is 8.13. The van der Waals surface area contributed by atoms with Crippen LogP contribution < -0.4 is 0 Å². The van der Waals surface area contributed by atoms with Crippen molar-refractivity contribution in [3.8, 4) is 23.1 Å². The van der Waals surface area contributed by atoms with Gasteiger partial charge < -0.3 is 9.30 Å². The maximum Gasteiger partial charge on any atom is 0.337 e. The van der Waals surface area contributed by atoms with Crippen LogP contribution in [-0.4, -0.2) is 17.6 Å². The van der Waals surface area contributed by atoms with Crippen LogP contribution in [0.1, 0.15) is 35.7 Å². The SMILES string of the molecule is CCCC#Cc1ccccc1-c1c(I)c2cc(C(=O)OC)ccc2n1C. The lowest BCUT2D eigenvalue weighted by Crippen LogP contribution is -2.00. The first-order valence-electron chi connectivity index (χ1n) is 8.53. The molecular formula is C22H20INO2. The molecule has 2 aromatic carbocycles. The van der Waals surface area contributed by atoms with Crippen molar-refractivity contribution < 1.29 is 9.53 Å². The Morgan fingerprint density at radius 3 is 2.73 bits per heavy atom. The molecule has 0 radical (unpaired) electrons. The van der Waals surface area contributed by atoms with Crippen molar-refractivity contribution in [3.63, 3.8) is 0 Å². The molecule has 0 unspecified atom stereocenters. The standard InChI is InChI=1S/C22H20INO2/c1-4-5-6-9-15-10-7-8-11-17(15)21-20(23)18-14-16(22(25)26-3)12-13-19(18)24(21)2/h7-8,10-14H,4-5H2,1-3H3. The molecule has 4 heteroatoms. The molecule has 132 valence electrons. The predicted molar refractivity (Wildman–Crippen MR) is 114 cm³/mol. The molecule has 0 saturated heterocycles. The number of rotatable bonds is 3. The Balaban J connectivity index is 2.21. The highest BCUT2D eigenvalue weighted by molar-refractivity contribution is 14.1. The Morgan fingerprint density at radius 1 is 1.23 bits per heavy atom. The normalized spacial score (nSPS) is 10.5. The number of methoxy groups -OCH3 is 1. The summed E-state index contributed by atoms with van der Waals surface area (Å²) >= 11 is 2.36. The molecule has 0 amide bonds. The molecule has 1 aromatic heterocycles. The number of carbonyl (C=O) groups excluding carboxylic acids is 1. The van der Waals surface area contributed by atoms with Crippen LogP contribution in [0.2, 0.25) is 0 Å². The van der Waals surface area contributed by atoms with Gasteiger partial charge in [-0.3, -0.25) is 0 Å². The number of fused-ring (bicyclic) bond motifs is 1. The Bertz CT molecular complexity index is 1040. The third kappa shape index (κ3) is 3.36. The molecule has 26 heavy (non-hydrogen) atoms. The largest absolute Gasteiger partial charge is 0.465 e. The molecule has 1 heterocycles. The summed E-state index contributed by atoms with van der Waals surface area (Å²) in [6.45, 7) is 2.13. The molecule has 0 fully saturated rings. The lowest BCUT2D eigenvalue weighted by molar-refractivity contribution is 0.0601. The van der Waals surface area contributed by atoms with Crippen molar-refractivity contribution in [3.05, 3.63) is 57.2 Å². The number of benzene rings is 2. The Morgan fingerprint density at radius 2 is 2.00 bits per heavy atom. The fraction of sp³-hybridized carbons (Fsp3) is 0.227. The second-order valence-electron chi connectivity index (χ2n) is 6.04. The maximum atomic E-state index is 11.9. The maximum absolute atomic E-state index is 11.9. The second kappa shape index (κ2) is 7.96. The van der Waals surface area contributed by atoms with Gasteiger partial charge in [-0.2, -0.15) is 0 Å². The number of unbranched alkanes of at least 4 members (excludes halogenated alkanes) is 1. The minimum absolute atomic E-state index is 0.320. The highest BCUT2D eigenvalue weighted by atomic mass is 127. The molecule has 0 N–H and O–H groups in total. The second-order valence-corrected chi connectivity index (χ2v) is 7.12. The molecule has 0 spiro atoms. The third-order valence-corrected chi connectivity index (χ3v) is 5.43. The molecule has 0 bridgehead atoms. The van der Waals surface area contributed by atoms with Crippen molar-refractivity contribution in [1.82, 2.24) is 4.57 Å². The number of aromatic nitrogens is 1. The smallest absolute Gasteiger partial charge is 0.337 e. The van der Waals surface area contributed by atoms with Gasteiger partial charge >= 0.3 is 5.97 Å². The summed E-state index contributed by atoms with van der Waals surface area (Å²) in [5.41, 5.74) is 4.89. The fourth-order valence-electron chi connectivity index (χ4n) is 3.02. The number of aryl methyl sites for hydroxylation is 1. The molecule has 0 aliphatic heterocycles. The average molecular weight is 457 g/mol. The molecule has 0 aliphatic carbocycles. The van der Waals surface area contributed by atoms with Crippen LogP contribution in [0, 0.1) is 15.4 Å². The molecule has 3 nitrogen and oxygen atoms in total. The van der Waals surface area contributed by atoms with E-state index in [1.165, 1.54) is 7.11 Å². The molecule has 0 saturated carbocycles. The van der Waals surface area contributed by atoms with Crippen molar-refractivity contribution in [1.29, 1.82) is 0 Å². The van der Waals surface area contributed by atoms with Crippen LogP contribution in [0.5, 0.6) is 0 Å². The van der Waals surface area contributed by atoms with E-state index in [1.54, 1.807) is 6.07 Å². The first-order chi connectivity index (χ1) is 12.6. The summed E-state index contributed by atoms with van der Waals surface area (Å²) in [6, 6.07) is 13.9. The van der Waals surface area contributed by atoms with Gasteiger partial charge in [-0.1, -0.05) is 37.0 Å². The molecule has 0 aliphatic rings. The van der Waals surface area contributed by atoms with Crippen LogP contribution in [-0.2, 0) is 11.8 Å².